The van der Waals surface area contributed by atoms with Crippen LogP contribution in [0.1, 0.15) is 25.0 Å². The Morgan fingerprint density at radius 2 is 1.56 bits per heavy atom. The van der Waals surface area contributed by atoms with Crippen molar-refractivity contribution < 1.29 is 30.0 Å². The second-order valence-electron chi connectivity index (χ2n) is 8.24. The van der Waals surface area contributed by atoms with Crippen LogP contribution < -0.4 is 0 Å². The number of carbonyl (C=O) groups excluding carboxylic acids is 1. The molecule has 0 spiro atoms. The summed E-state index contributed by atoms with van der Waals surface area (Å²) in [7, 11) is 0. The molecule has 1 heterocycles. The maximum atomic E-state index is 10.0. The van der Waals surface area contributed by atoms with E-state index >= 15 is 0 Å². The first-order valence-corrected chi connectivity index (χ1v) is 10.8. The summed E-state index contributed by atoms with van der Waals surface area (Å²) < 4.78 is 0. The largest absolute Gasteiger partial charge is 0.512 e. The fourth-order valence-corrected chi connectivity index (χ4v) is 4.25. The third-order valence-electron chi connectivity index (χ3n) is 5.66. The van der Waals surface area contributed by atoms with E-state index in [1.807, 2.05) is 0 Å². The molecular formula is C30H22IrNO2-. The van der Waals surface area contributed by atoms with Gasteiger partial charge in [0, 0.05) is 31.6 Å². The molecule has 1 N–H and O–H groups in total. The number of aliphatic hydroxyl groups is 1. The molecule has 5 aromatic rings. The van der Waals surface area contributed by atoms with Gasteiger partial charge >= 0.3 is 0 Å². The molecule has 0 fully saturated rings. The van der Waals surface area contributed by atoms with Crippen LogP contribution in [0, 0.1) is 6.07 Å². The number of aliphatic hydroxyl groups excluding tert-OH is 1. The van der Waals surface area contributed by atoms with E-state index in [4.69, 9.17) is 10.1 Å². The van der Waals surface area contributed by atoms with E-state index in [-0.39, 0.29) is 31.6 Å². The summed E-state index contributed by atoms with van der Waals surface area (Å²) in [5, 5.41) is 14.6. The predicted molar refractivity (Wildman–Crippen MR) is 137 cm³/mol. The fraction of sp³-hybridized carbons (Fsp3) is 0.0667. The van der Waals surface area contributed by atoms with Crippen LogP contribution in [0.15, 0.2) is 84.6 Å². The summed E-state index contributed by atoms with van der Waals surface area (Å²) in [6.07, 6.45) is 5.51. The van der Waals surface area contributed by atoms with Crippen LogP contribution in [-0.4, -0.2) is 15.9 Å². The number of fused-ring (bicyclic) bond motifs is 2. The van der Waals surface area contributed by atoms with Gasteiger partial charge in [-0.15, -0.1) is 29.1 Å². The first-order chi connectivity index (χ1) is 16.0. The molecule has 0 saturated heterocycles. The van der Waals surface area contributed by atoms with Gasteiger partial charge in [-0.25, -0.2) is 0 Å². The molecule has 0 aliphatic heterocycles. The molecule has 1 aromatic heterocycles. The molecule has 169 valence electrons. The SMILES string of the molecule is CC(=O)C=C(C)O.[Ir].[c-]1cc2cc3ccccc3cc2cc1-c1cc2c3c(cccc3n1)C=C2. The Labute approximate surface area is 211 Å². The molecule has 4 heteroatoms. The number of hydrogen-bond donors (Lipinski definition) is 1. The summed E-state index contributed by atoms with van der Waals surface area (Å²) in [5.74, 6) is -0.0625. The molecule has 0 bridgehead atoms. The number of ketones is 1. The van der Waals surface area contributed by atoms with Crippen molar-refractivity contribution in [3.8, 4) is 11.3 Å². The van der Waals surface area contributed by atoms with Gasteiger partial charge in [0.2, 0.25) is 0 Å². The number of hydrogen-bond acceptors (Lipinski definition) is 3. The van der Waals surface area contributed by atoms with E-state index < -0.39 is 0 Å². The minimum atomic E-state index is -0.125. The van der Waals surface area contributed by atoms with E-state index in [0.717, 1.165) is 16.8 Å². The van der Waals surface area contributed by atoms with Crippen LogP contribution in [0.25, 0.3) is 55.9 Å². The monoisotopic (exact) mass is 621 g/mol. The summed E-state index contributed by atoms with van der Waals surface area (Å²) in [4.78, 5) is 14.9. The number of nitrogens with zero attached hydrogens (tertiary/aromatic N) is 1. The van der Waals surface area contributed by atoms with Crippen molar-refractivity contribution in [3.63, 3.8) is 0 Å². The standard InChI is InChI=1S/C25H14N.C5H8O2.Ir/c1-2-5-18-13-22-14-20(10-9-19(22)12-17(18)4-1)24-15-21-11-8-16-6-3-7-23(26-24)25(16)21;1-4(6)3-5(2)7;/h1-9,11-15H;3,6H,1-2H3;/q-1;;. The molecule has 0 amide bonds. The number of carbonyl (C=O) groups is 1. The van der Waals surface area contributed by atoms with Gasteiger partial charge in [-0.05, 0) is 47.5 Å². The van der Waals surface area contributed by atoms with Gasteiger partial charge in [0.15, 0.2) is 5.78 Å². The Morgan fingerprint density at radius 3 is 2.24 bits per heavy atom. The molecule has 0 unspecified atom stereocenters. The van der Waals surface area contributed by atoms with E-state index in [9.17, 15) is 4.79 Å². The van der Waals surface area contributed by atoms with Crippen LogP contribution >= 0.6 is 0 Å². The molecular weight excluding hydrogens is 599 g/mol. The Bertz CT molecular complexity index is 1610. The van der Waals surface area contributed by atoms with E-state index in [1.54, 1.807) is 0 Å². The van der Waals surface area contributed by atoms with Crippen molar-refractivity contribution in [1.82, 2.24) is 4.98 Å². The van der Waals surface area contributed by atoms with Gasteiger partial charge in [-0.2, -0.15) is 0 Å². The van der Waals surface area contributed by atoms with Gasteiger partial charge in [0.1, 0.15) is 0 Å². The van der Waals surface area contributed by atoms with Crippen molar-refractivity contribution in [2.75, 3.05) is 0 Å². The number of rotatable bonds is 2. The normalized spacial score (nSPS) is 11.9. The minimum absolute atomic E-state index is 0. The fourth-order valence-electron chi connectivity index (χ4n) is 4.25. The zero-order valence-electron chi connectivity index (χ0n) is 18.8. The minimum Gasteiger partial charge on any atom is -0.512 e. The third-order valence-corrected chi connectivity index (χ3v) is 5.66. The molecule has 4 aromatic carbocycles. The molecule has 1 radical (unpaired) electrons. The second kappa shape index (κ2) is 9.72. The summed E-state index contributed by atoms with van der Waals surface area (Å²) in [5.41, 5.74) is 5.56. The predicted octanol–water partition coefficient (Wildman–Crippen LogP) is 7.53. The Balaban J connectivity index is 0.000000303. The molecule has 3 nitrogen and oxygen atoms in total. The van der Waals surface area contributed by atoms with Gasteiger partial charge in [-0.1, -0.05) is 72.1 Å². The van der Waals surface area contributed by atoms with E-state index in [2.05, 4.69) is 91.0 Å². The number of benzene rings is 4. The average Bonchev–Trinajstić information content (AvgIpc) is 3.21. The zero-order chi connectivity index (χ0) is 22.9. The summed E-state index contributed by atoms with van der Waals surface area (Å²) in [6, 6.07) is 29.2. The Morgan fingerprint density at radius 1 is 0.853 bits per heavy atom. The van der Waals surface area contributed by atoms with Crippen molar-refractivity contribution in [3.05, 3.63) is 102 Å². The molecule has 6 rings (SSSR count). The average molecular weight is 621 g/mol. The van der Waals surface area contributed by atoms with Crippen molar-refractivity contribution in [1.29, 1.82) is 0 Å². The van der Waals surface area contributed by atoms with Crippen LogP contribution in [-0.2, 0) is 24.9 Å². The van der Waals surface area contributed by atoms with E-state index in [1.165, 1.54) is 58.0 Å². The molecule has 0 saturated carbocycles. The Kier molecular flexibility index (Phi) is 6.74. The van der Waals surface area contributed by atoms with E-state index in [0.29, 0.717) is 0 Å². The molecule has 1 aliphatic rings. The van der Waals surface area contributed by atoms with Crippen LogP contribution in [0.3, 0.4) is 0 Å². The molecule has 34 heavy (non-hydrogen) atoms. The van der Waals surface area contributed by atoms with Crippen LogP contribution in [0.4, 0.5) is 0 Å². The number of pyridine rings is 1. The van der Waals surface area contributed by atoms with Crippen molar-refractivity contribution in [2.45, 2.75) is 13.8 Å². The van der Waals surface area contributed by atoms with Crippen molar-refractivity contribution in [2.24, 2.45) is 0 Å². The third kappa shape index (κ3) is 4.70. The summed E-state index contributed by atoms with van der Waals surface area (Å²) in [6.45, 7) is 2.85. The first-order valence-electron chi connectivity index (χ1n) is 10.8. The quantitative estimate of drug-likeness (QED) is 0.0943. The maximum absolute atomic E-state index is 10.0. The van der Waals surface area contributed by atoms with Gasteiger partial charge in [-0.3, -0.25) is 9.78 Å². The molecule has 0 atom stereocenters. The van der Waals surface area contributed by atoms with Crippen molar-refractivity contribution >= 4 is 50.4 Å². The van der Waals surface area contributed by atoms with Gasteiger partial charge in [0.05, 0.1) is 11.3 Å². The first kappa shape index (κ1) is 23.6. The zero-order valence-corrected chi connectivity index (χ0v) is 21.2. The summed E-state index contributed by atoms with van der Waals surface area (Å²) >= 11 is 0. The number of aromatic nitrogens is 1. The molecule has 1 aliphatic carbocycles. The topological polar surface area (TPSA) is 50.2 Å². The Hall–Kier alpha value is -3.59. The van der Waals surface area contributed by atoms with Gasteiger partial charge in [0.25, 0.3) is 0 Å². The second-order valence-corrected chi connectivity index (χ2v) is 8.24. The number of allylic oxidation sites excluding steroid dienone is 2. The van der Waals surface area contributed by atoms with Crippen LogP contribution in [0.2, 0.25) is 0 Å². The maximum Gasteiger partial charge on any atom is 0.155 e. The van der Waals surface area contributed by atoms with Crippen LogP contribution in [0.5, 0.6) is 0 Å². The smallest absolute Gasteiger partial charge is 0.155 e. The van der Waals surface area contributed by atoms with Gasteiger partial charge < -0.3 is 5.11 Å².